The highest BCUT2D eigenvalue weighted by atomic mass is 32.1. The van der Waals surface area contributed by atoms with Gasteiger partial charge in [-0.2, -0.15) is 0 Å². The molecule has 1 rings (SSSR count). The lowest BCUT2D eigenvalue weighted by atomic mass is 10.2. The summed E-state index contributed by atoms with van der Waals surface area (Å²) in [6.07, 6.45) is 0.828. The van der Waals surface area contributed by atoms with Crippen LogP contribution in [0.2, 0.25) is 0 Å². The van der Waals surface area contributed by atoms with E-state index in [1.807, 2.05) is 0 Å². The Bertz CT molecular complexity index is 247. The minimum atomic E-state index is 0.267. The number of rotatable bonds is 5. The third-order valence-electron chi connectivity index (χ3n) is 2.08. The Kier molecular flexibility index (Phi) is 4.42. The van der Waals surface area contributed by atoms with Crippen molar-refractivity contribution < 1.29 is 5.11 Å². The van der Waals surface area contributed by atoms with Crippen LogP contribution in [0.25, 0.3) is 0 Å². The number of aliphatic hydroxyl groups is 1. The van der Waals surface area contributed by atoms with Crippen molar-refractivity contribution in [3.8, 4) is 0 Å². The molecule has 0 aliphatic heterocycles. The molecule has 2 N–H and O–H groups in total. The summed E-state index contributed by atoms with van der Waals surface area (Å²) in [6, 6.07) is 2.55. The molecular weight excluding hydrogens is 182 g/mol. The van der Waals surface area contributed by atoms with Gasteiger partial charge < -0.3 is 10.4 Å². The standard InChI is InChI=1S/C10H17NOS/c1-8-4-7-13-10(8)9(2)11-5-3-6-12/h4,7,9,11-12H,3,5-6H2,1-2H3/t9-/m1/s1. The number of thiophene rings is 1. The molecule has 0 unspecified atom stereocenters. The summed E-state index contributed by atoms with van der Waals surface area (Å²) >= 11 is 1.79. The maximum absolute atomic E-state index is 8.63. The zero-order valence-corrected chi connectivity index (χ0v) is 9.03. The van der Waals surface area contributed by atoms with Crippen LogP contribution in [0.1, 0.15) is 29.8 Å². The van der Waals surface area contributed by atoms with E-state index in [1.54, 1.807) is 11.3 Å². The monoisotopic (exact) mass is 199 g/mol. The first-order valence-corrected chi connectivity index (χ1v) is 5.52. The second-order valence-corrected chi connectivity index (χ2v) is 4.17. The SMILES string of the molecule is Cc1ccsc1[C@@H](C)NCCCO. The topological polar surface area (TPSA) is 32.3 Å². The quantitative estimate of drug-likeness (QED) is 0.712. The van der Waals surface area contributed by atoms with Crippen LogP contribution in [0.5, 0.6) is 0 Å². The summed E-state index contributed by atoms with van der Waals surface area (Å²) in [7, 11) is 0. The molecule has 1 aromatic heterocycles. The lowest BCUT2D eigenvalue weighted by Crippen LogP contribution is -2.20. The summed E-state index contributed by atoms with van der Waals surface area (Å²) in [4.78, 5) is 1.40. The van der Waals surface area contributed by atoms with E-state index >= 15 is 0 Å². The Balaban J connectivity index is 2.39. The molecule has 13 heavy (non-hydrogen) atoms. The van der Waals surface area contributed by atoms with Gasteiger partial charge in [-0.1, -0.05) is 0 Å². The van der Waals surface area contributed by atoms with Crippen LogP contribution in [-0.4, -0.2) is 18.3 Å². The second kappa shape index (κ2) is 5.37. The van der Waals surface area contributed by atoms with Gasteiger partial charge in [-0.25, -0.2) is 0 Å². The minimum absolute atomic E-state index is 0.267. The molecule has 74 valence electrons. The number of aliphatic hydroxyl groups excluding tert-OH is 1. The maximum Gasteiger partial charge on any atom is 0.0443 e. The Hall–Kier alpha value is -0.380. The Labute approximate surface area is 83.6 Å². The first-order chi connectivity index (χ1) is 6.25. The Morgan fingerprint density at radius 1 is 1.62 bits per heavy atom. The van der Waals surface area contributed by atoms with Gasteiger partial charge in [0.2, 0.25) is 0 Å². The van der Waals surface area contributed by atoms with Gasteiger partial charge in [0.05, 0.1) is 0 Å². The van der Waals surface area contributed by atoms with Crippen molar-refractivity contribution >= 4 is 11.3 Å². The van der Waals surface area contributed by atoms with E-state index in [2.05, 4.69) is 30.6 Å². The van der Waals surface area contributed by atoms with Crippen molar-refractivity contribution in [1.29, 1.82) is 0 Å². The first-order valence-electron chi connectivity index (χ1n) is 4.64. The third-order valence-corrected chi connectivity index (χ3v) is 3.28. The molecule has 2 nitrogen and oxygen atoms in total. The largest absolute Gasteiger partial charge is 0.396 e. The van der Waals surface area contributed by atoms with Crippen LogP contribution >= 0.6 is 11.3 Å². The van der Waals surface area contributed by atoms with Gasteiger partial charge >= 0.3 is 0 Å². The third kappa shape index (κ3) is 3.10. The predicted molar refractivity (Wildman–Crippen MR) is 57.2 cm³/mol. The zero-order valence-electron chi connectivity index (χ0n) is 8.21. The van der Waals surface area contributed by atoms with Gasteiger partial charge in [0.25, 0.3) is 0 Å². The maximum atomic E-state index is 8.63. The van der Waals surface area contributed by atoms with Crippen LogP contribution in [0.3, 0.4) is 0 Å². The lowest BCUT2D eigenvalue weighted by Gasteiger charge is -2.12. The fourth-order valence-electron chi connectivity index (χ4n) is 1.32. The molecule has 0 bridgehead atoms. The fourth-order valence-corrected chi connectivity index (χ4v) is 2.28. The number of hydrogen-bond acceptors (Lipinski definition) is 3. The molecule has 0 amide bonds. The molecule has 3 heteroatoms. The summed E-state index contributed by atoms with van der Waals surface area (Å²) in [5.74, 6) is 0. The van der Waals surface area contributed by atoms with Gasteiger partial charge in [0.1, 0.15) is 0 Å². The highest BCUT2D eigenvalue weighted by Gasteiger charge is 2.07. The fraction of sp³-hybridized carbons (Fsp3) is 0.600. The predicted octanol–water partition coefficient (Wildman–Crippen LogP) is 2.09. The number of nitrogens with one attached hydrogen (secondary N) is 1. The van der Waals surface area contributed by atoms with E-state index in [0.29, 0.717) is 6.04 Å². The van der Waals surface area contributed by atoms with Gasteiger partial charge in [0, 0.05) is 17.5 Å². The molecule has 0 radical (unpaired) electrons. The molecule has 1 heterocycles. The van der Waals surface area contributed by atoms with Gasteiger partial charge in [-0.3, -0.25) is 0 Å². The van der Waals surface area contributed by atoms with Gasteiger partial charge in [-0.05, 0) is 43.8 Å². The number of aryl methyl sites for hydroxylation is 1. The Morgan fingerprint density at radius 3 is 2.92 bits per heavy atom. The molecule has 1 aromatic rings. The first kappa shape index (κ1) is 10.7. The van der Waals surface area contributed by atoms with E-state index in [0.717, 1.165) is 13.0 Å². The van der Waals surface area contributed by atoms with E-state index in [-0.39, 0.29) is 6.61 Å². The summed E-state index contributed by atoms with van der Waals surface area (Å²) < 4.78 is 0. The average Bonchev–Trinajstić information content (AvgIpc) is 2.52. The van der Waals surface area contributed by atoms with E-state index in [4.69, 9.17) is 5.11 Å². The van der Waals surface area contributed by atoms with Crippen LogP contribution in [0.4, 0.5) is 0 Å². The second-order valence-electron chi connectivity index (χ2n) is 3.22. The molecule has 0 aliphatic carbocycles. The Morgan fingerprint density at radius 2 is 2.38 bits per heavy atom. The number of hydrogen-bond donors (Lipinski definition) is 2. The van der Waals surface area contributed by atoms with Crippen molar-refractivity contribution in [2.45, 2.75) is 26.3 Å². The molecule has 0 saturated carbocycles. The van der Waals surface area contributed by atoms with Crippen LogP contribution in [0, 0.1) is 6.92 Å². The molecule has 0 aliphatic rings. The van der Waals surface area contributed by atoms with Crippen molar-refractivity contribution in [3.05, 3.63) is 21.9 Å². The van der Waals surface area contributed by atoms with Gasteiger partial charge in [-0.15, -0.1) is 11.3 Å². The molecule has 1 atom stereocenters. The van der Waals surface area contributed by atoms with Crippen molar-refractivity contribution in [2.24, 2.45) is 0 Å². The minimum Gasteiger partial charge on any atom is -0.396 e. The zero-order chi connectivity index (χ0) is 9.68. The van der Waals surface area contributed by atoms with E-state index in [1.165, 1.54) is 10.4 Å². The summed E-state index contributed by atoms with van der Waals surface area (Å²) in [6.45, 7) is 5.45. The van der Waals surface area contributed by atoms with Crippen LogP contribution < -0.4 is 5.32 Å². The summed E-state index contributed by atoms with van der Waals surface area (Å²) in [5.41, 5.74) is 1.36. The molecule has 0 aromatic carbocycles. The smallest absolute Gasteiger partial charge is 0.0443 e. The molecule has 0 saturated heterocycles. The molecular formula is C10H17NOS. The lowest BCUT2D eigenvalue weighted by molar-refractivity contribution is 0.284. The normalized spacial score (nSPS) is 13.2. The van der Waals surface area contributed by atoms with Crippen molar-refractivity contribution in [2.75, 3.05) is 13.2 Å². The average molecular weight is 199 g/mol. The highest BCUT2D eigenvalue weighted by molar-refractivity contribution is 7.10. The molecule has 0 spiro atoms. The van der Waals surface area contributed by atoms with Crippen molar-refractivity contribution in [1.82, 2.24) is 5.32 Å². The van der Waals surface area contributed by atoms with Crippen LogP contribution in [0.15, 0.2) is 11.4 Å². The van der Waals surface area contributed by atoms with Gasteiger partial charge in [0.15, 0.2) is 0 Å². The van der Waals surface area contributed by atoms with Crippen LogP contribution in [-0.2, 0) is 0 Å². The highest BCUT2D eigenvalue weighted by Crippen LogP contribution is 2.22. The van der Waals surface area contributed by atoms with E-state index < -0.39 is 0 Å². The summed E-state index contributed by atoms with van der Waals surface area (Å²) in [5, 5.41) is 14.1. The van der Waals surface area contributed by atoms with E-state index in [9.17, 15) is 0 Å². The van der Waals surface area contributed by atoms with Crippen molar-refractivity contribution in [3.63, 3.8) is 0 Å². The molecule has 0 fully saturated rings.